The van der Waals surface area contributed by atoms with E-state index in [-0.39, 0.29) is 0 Å². The van der Waals surface area contributed by atoms with Crippen LogP contribution in [0.4, 0.5) is 9.59 Å². The largest absolute Gasteiger partial charge is 0.420 e. The molecule has 0 saturated heterocycles. The third-order valence-corrected chi connectivity index (χ3v) is 0.413. The Hall–Kier alpha value is -1.52. The summed E-state index contributed by atoms with van der Waals surface area (Å²) in [5.41, 5.74) is 4.47. The Morgan fingerprint density at radius 1 is 1.67 bits per heavy atom. The number of carbonyl (C=O) groups excluding carboxylic acids is 2. The van der Waals surface area contributed by atoms with E-state index in [2.05, 4.69) is 17.0 Å². The molecule has 0 fully saturated rings. The van der Waals surface area contributed by atoms with Crippen LogP contribution < -0.4 is 11.1 Å². The minimum absolute atomic E-state index is 0.933. The summed E-state index contributed by atoms with van der Waals surface area (Å²) in [5, 5.41) is 1.98. The molecule has 0 heterocycles. The number of nitrogens with one attached hydrogen (secondary N) is 1. The van der Waals surface area contributed by atoms with Crippen LogP contribution in [0.25, 0.3) is 0 Å². The van der Waals surface area contributed by atoms with Gasteiger partial charge in [-0.1, -0.05) is 6.58 Å². The van der Waals surface area contributed by atoms with Crippen molar-refractivity contribution in [2.75, 3.05) is 0 Å². The molecule has 0 aliphatic rings. The van der Waals surface area contributed by atoms with E-state index in [4.69, 9.17) is 0 Å². The highest BCUT2D eigenvalue weighted by Gasteiger charge is 2.00. The van der Waals surface area contributed by atoms with Gasteiger partial charge >= 0.3 is 12.2 Å². The van der Waals surface area contributed by atoms with Crippen LogP contribution in [0.1, 0.15) is 0 Å². The summed E-state index contributed by atoms with van der Waals surface area (Å²) in [6, 6.07) is 0. The first kappa shape index (κ1) is 7.48. The Morgan fingerprint density at radius 3 is 2.56 bits per heavy atom. The molecule has 0 spiro atoms. The molecule has 0 aliphatic carbocycles. The first-order valence-electron chi connectivity index (χ1n) is 2.05. The quantitative estimate of drug-likeness (QED) is 0.487. The van der Waals surface area contributed by atoms with Gasteiger partial charge in [0.25, 0.3) is 0 Å². The van der Waals surface area contributed by atoms with Gasteiger partial charge in [0.15, 0.2) is 0 Å². The zero-order chi connectivity index (χ0) is 7.28. The Morgan fingerprint density at radius 2 is 2.22 bits per heavy atom. The summed E-state index contributed by atoms with van der Waals surface area (Å²) in [4.78, 5) is 19.9. The number of primary amides is 1. The summed E-state index contributed by atoms with van der Waals surface area (Å²) in [6.07, 6.45) is -1.00. The molecule has 0 unspecified atom stereocenters. The van der Waals surface area contributed by atoms with Crippen molar-refractivity contribution in [3.05, 3.63) is 12.8 Å². The van der Waals surface area contributed by atoms with Gasteiger partial charge in [0.05, 0.1) is 0 Å². The molecule has 0 atom stereocenters. The van der Waals surface area contributed by atoms with Gasteiger partial charge in [0.2, 0.25) is 0 Å². The second-order valence-corrected chi connectivity index (χ2v) is 1.06. The number of hydrogen-bond donors (Lipinski definition) is 2. The van der Waals surface area contributed by atoms with Gasteiger partial charge in [0, 0.05) is 0 Å². The fraction of sp³-hybridized carbons (Fsp3) is 0. The van der Waals surface area contributed by atoms with Crippen molar-refractivity contribution in [1.29, 1.82) is 0 Å². The minimum atomic E-state index is -1.14. The molecule has 0 aromatic heterocycles. The number of alkyl carbamates (subject to hydrolysis) is 1. The van der Waals surface area contributed by atoms with E-state index in [0.29, 0.717) is 0 Å². The second-order valence-electron chi connectivity index (χ2n) is 1.06. The van der Waals surface area contributed by atoms with Crippen LogP contribution in [0.15, 0.2) is 12.8 Å². The lowest BCUT2D eigenvalue weighted by atomic mass is 10.9. The van der Waals surface area contributed by atoms with Crippen molar-refractivity contribution in [3.63, 3.8) is 0 Å². The van der Waals surface area contributed by atoms with Gasteiger partial charge in [-0.25, -0.2) is 9.59 Å². The Bertz CT molecular complexity index is 143. The number of amides is 2. The van der Waals surface area contributed by atoms with Crippen LogP contribution in [-0.4, -0.2) is 12.2 Å². The fourth-order valence-electron chi connectivity index (χ4n) is 0.204. The predicted octanol–water partition coefficient (Wildman–Crippen LogP) is -0.0652. The highest BCUT2D eigenvalue weighted by Crippen LogP contribution is 1.74. The lowest BCUT2D eigenvalue weighted by Gasteiger charge is -1.94. The lowest BCUT2D eigenvalue weighted by Crippen LogP contribution is -2.25. The van der Waals surface area contributed by atoms with Crippen LogP contribution in [0.5, 0.6) is 0 Å². The average Bonchev–Trinajstić information content (AvgIpc) is 1.63. The molecule has 9 heavy (non-hydrogen) atoms. The number of nitrogens with two attached hydrogens (primary N) is 1. The maximum Gasteiger partial charge on any atom is 0.420 e. The second kappa shape index (κ2) is 3.48. The molecule has 0 rings (SSSR count). The van der Waals surface area contributed by atoms with Crippen LogP contribution in [-0.2, 0) is 4.74 Å². The molecule has 0 bridgehead atoms. The van der Waals surface area contributed by atoms with Gasteiger partial charge in [-0.15, -0.1) is 0 Å². The zero-order valence-electron chi connectivity index (χ0n) is 4.59. The van der Waals surface area contributed by atoms with E-state index >= 15 is 0 Å². The number of rotatable bonds is 1. The Labute approximate surface area is 51.5 Å². The van der Waals surface area contributed by atoms with Gasteiger partial charge < -0.3 is 10.5 Å². The summed E-state index contributed by atoms with van der Waals surface area (Å²) < 4.78 is 3.81. The van der Waals surface area contributed by atoms with Gasteiger partial charge in [0.1, 0.15) is 0 Å². The normalized spacial score (nSPS) is 7.56. The van der Waals surface area contributed by atoms with E-state index in [1.807, 2.05) is 5.32 Å². The SMILES string of the molecule is C=CNC(=O)OC(N)=O. The van der Waals surface area contributed by atoms with Gasteiger partial charge in [-0.3, -0.25) is 5.32 Å². The molecule has 5 heteroatoms. The smallest absolute Gasteiger partial charge is 0.359 e. The minimum Gasteiger partial charge on any atom is -0.359 e. The van der Waals surface area contributed by atoms with Crippen molar-refractivity contribution in [2.24, 2.45) is 5.73 Å². The third-order valence-electron chi connectivity index (χ3n) is 0.413. The zero-order valence-corrected chi connectivity index (χ0v) is 4.59. The summed E-state index contributed by atoms with van der Waals surface area (Å²) in [7, 11) is 0. The molecule has 5 nitrogen and oxygen atoms in total. The molecule has 0 radical (unpaired) electrons. The van der Waals surface area contributed by atoms with Crippen molar-refractivity contribution >= 4 is 12.2 Å². The summed E-state index contributed by atoms with van der Waals surface area (Å²) in [5.74, 6) is 0. The Kier molecular flexibility index (Phi) is 2.89. The summed E-state index contributed by atoms with van der Waals surface area (Å²) >= 11 is 0. The van der Waals surface area contributed by atoms with E-state index in [1.54, 1.807) is 0 Å². The number of ether oxygens (including phenoxy) is 1. The van der Waals surface area contributed by atoms with Crippen LogP contribution >= 0.6 is 0 Å². The molecule has 2 amide bonds. The standard InChI is InChI=1S/C4H6N2O3/c1-2-6-4(8)9-3(5)7/h2H,1H2,(H2,5,7)(H,6,8). The van der Waals surface area contributed by atoms with Crippen LogP contribution in [0, 0.1) is 0 Å². The first-order valence-corrected chi connectivity index (χ1v) is 2.05. The van der Waals surface area contributed by atoms with Gasteiger partial charge in [-0.05, 0) is 6.20 Å². The first-order chi connectivity index (χ1) is 4.16. The van der Waals surface area contributed by atoms with Crippen LogP contribution in [0.3, 0.4) is 0 Å². The lowest BCUT2D eigenvalue weighted by molar-refractivity contribution is 0.159. The van der Waals surface area contributed by atoms with E-state index < -0.39 is 12.2 Å². The van der Waals surface area contributed by atoms with Crippen molar-refractivity contribution < 1.29 is 14.3 Å². The van der Waals surface area contributed by atoms with E-state index in [0.717, 1.165) is 6.20 Å². The van der Waals surface area contributed by atoms with Crippen LogP contribution in [0.2, 0.25) is 0 Å². The molecule has 0 aromatic carbocycles. The molecular formula is C4H6N2O3. The van der Waals surface area contributed by atoms with Crippen molar-refractivity contribution in [3.8, 4) is 0 Å². The molecule has 0 aromatic rings. The predicted molar refractivity (Wildman–Crippen MR) is 29.4 cm³/mol. The highest BCUT2D eigenvalue weighted by atomic mass is 16.6. The molecule has 3 N–H and O–H groups in total. The Balaban J connectivity index is 3.50. The number of hydrogen-bond acceptors (Lipinski definition) is 3. The van der Waals surface area contributed by atoms with E-state index in [9.17, 15) is 9.59 Å². The highest BCUT2D eigenvalue weighted by molar-refractivity contribution is 5.82. The van der Waals surface area contributed by atoms with Crippen molar-refractivity contribution in [1.82, 2.24) is 5.32 Å². The maximum absolute atomic E-state index is 10.1. The average molecular weight is 130 g/mol. The third kappa shape index (κ3) is 4.33. The van der Waals surface area contributed by atoms with E-state index in [1.165, 1.54) is 0 Å². The fourth-order valence-corrected chi connectivity index (χ4v) is 0.204. The molecular weight excluding hydrogens is 124 g/mol. The van der Waals surface area contributed by atoms with Crippen molar-refractivity contribution in [2.45, 2.75) is 0 Å². The van der Waals surface area contributed by atoms with Gasteiger partial charge in [-0.2, -0.15) is 0 Å². The molecule has 50 valence electrons. The number of carbonyl (C=O) groups is 2. The molecule has 0 aliphatic heterocycles. The molecule has 0 saturated carbocycles. The topological polar surface area (TPSA) is 81.4 Å². The maximum atomic E-state index is 10.1. The monoisotopic (exact) mass is 130 g/mol. The summed E-state index contributed by atoms with van der Waals surface area (Å²) in [6.45, 7) is 3.14.